The second kappa shape index (κ2) is 7.47. The van der Waals surface area contributed by atoms with E-state index in [4.69, 9.17) is 11.6 Å². The Balaban J connectivity index is 1.95. The van der Waals surface area contributed by atoms with Gasteiger partial charge in [0.2, 0.25) is 0 Å². The van der Waals surface area contributed by atoms with E-state index in [9.17, 15) is 0 Å². The molecule has 0 bridgehead atoms. The first-order valence-electron chi connectivity index (χ1n) is 7.17. The molecule has 0 aromatic heterocycles. The molecule has 2 aromatic rings. The molecule has 2 rings (SSSR count). The van der Waals surface area contributed by atoms with Crippen molar-refractivity contribution in [2.45, 2.75) is 26.3 Å². The summed E-state index contributed by atoms with van der Waals surface area (Å²) < 4.78 is 0. The van der Waals surface area contributed by atoms with Crippen LogP contribution in [0, 0.1) is 5.92 Å². The molecule has 1 unspecified atom stereocenters. The standard InChI is InChI=1S/C18H22ClN/c1-14(2)17(15-8-4-3-5-9-15)13-20-12-16-10-6-7-11-18(16)19/h3-11,14,17,20H,12-13H2,1-2H3. The average molecular weight is 288 g/mol. The number of hydrogen-bond donors (Lipinski definition) is 1. The lowest BCUT2D eigenvalue weighted by Gasteiger charge is -2.22. The molecular weight excluding hydrogens is 266 g/mol. The smallest absolute Gasteiger partial charge is 0.0450 e. The van der Waals surface area contributed by atoms with Gasteiger partial charge in [0.25, 0.3) is 0 Å². The number of nitrogens with one attached hydrogen (secondary N) is 1. The SMILES string of the molecule is CC(C)C(CNCc1ccccc1Cl)c1ccccc1. The summed E-state index contributed by atoms with van der Waals surface area (Å²) in [5, 5.41) is 4.37. The van der Waals surface area contributed by atoms with Crippen LogP contribution in [0.1, 0.15) is 30.9 Å². The Kier molecular flexibility index (Phi) is 5.63. The van der Waals surface area contributed by atoms with Gasteiger partial charge >= 0.3 is 0 Å². The predicted molar refractivity (Wildman–Crippen MR) is 87.2 cm³/mol. The summed E-state index contributed by atoms with van der Waals surface area (Å²) in [6.07, 6.45) is 0. The lowest BCUT2D eigenvalue weighted by atomic mass is 9.88. The van der Waals surface area contributed by atoms with Crippen LogP contribution in [0.15, 0.2) is 54.6 Å². The van der Waals surface area contributed by atoms with Crippen molar-refractivity contribution in [3.63, 3.8) is 0 Å². The zero-order valence-corrected chi connectivity index (χ0v) is 12.9. The molecule has 20 heavy (non-hydrogen) atoms. The van der Waals surface area contributed by atoms with Gasteiger partial charge in [-0.05, 0) is 29.0 Å². The van der Waals surface area contributed by atoms with E-state index >= 15 is 0 Å². The van der Waals surface area contributed by atoms with E-state index in [-0.39, 0.29) is 0 Å². The van der Waals surface area contributed by atoms with Gasteiger partial charge in [0.05, 0.1) is 0 Å². The number of rotatable bonds is 6. The zero-order chi connectivity index (χ0) is 14.4. The van der Waals surface area contributed by atoms with Crippen LogP contribution in [0.3, 0.4) is 0 Å². The van der Waals surface area contributed by atoms with Crippen LogP contribution in [-0.2, 0) is 6.54 Å². The maximum absolute atomic E-state index is 6.18. The molecule has 0 heterocycles. The third-order valence-corrected chi connectivity index (χ3v) is 4.04. The largest absolute Gasteiger partial charge is 0.312 e. The second-order valence-corrected chi connectivity index (χ2v) is 5.89. The summed E-state index contributed by atoms with van der Waals surface area (Å²) in [5.41, 5.74) is 2.55. The van der Waals surface area contributed by atoms with Crippen molar-refractivity contribution in [1.82, 2.24) is 5.32 Å². The van der Waals surface area contributed by atoms with Gasteiger partial charge in [0.15, 0.2) is 0 Å². The summed E-state index contributed by atoms with van der Waals surface area (Å²) in [5.74, 6) is 1.13. The minimum Gasteiger partial charge on any atom is -0.312 e. The van der Waals surface area contributed by atoms with Crippen LogP contribution in [-0.4, -0.2) is 6.54 Å². The molecule has 1 N–H and O–H groups in total. The molecular formula is C18H22ClN. The summed E-state index contributed by atoms with van der Waals surface area (Å²) in [6, 6.07) is 18.7. The van der Waals surface area contributed by atoms with E-state index in [2.05, 4.69) is 55.6 Å². The van der Waals surface area contributed by atoms with Gasteiger partial charge in [-0.3, -0.25) is 0 Å². The van der Waals surface area contributed by atoms with Crippen molar-refractivity contribution in [2.24, 2.45) is 5.92 Å². The summed E-state index contributed by atoms with van der Waals surface area (Å²) in [6.45, 7) is 6.33. The van der Waals surface area contributed by atoms with Crippen molar-refractivity contribution in [1.29, 1.82) is 0 Å². The van der Waals surface area contributed by atoms with Crippen molar-refractivity contribution in [3.05, 3.63) is 70.7 Å². The van der Waals surface area contributed by atoms with Crippen molar-refractivity contribution in [2.75, 3.05) is 6.54 Å². The summed E-state index contributed by atoms with van der Waals surface area (Å²) >= 11 is 6.18. The molecule has 0 spiro atoms. The molecule has 0 aliphatic heterocycles. The number of benzene rings is 2. The summed E-state index contributed by atoms with van der Waals surface area (Å²) in [4.78, 5) is 0. The first kappa shape index (κ1) is 15.1. The average Bonchev–Trinajstić information content (AvgIpc) is 2.46. The fourth-order valence-electron chi connectivity index (χ4n) is 2.44. The van der Waals surface area contributed by atoms with Gasteiger partial charge in [-0.25, -0.2) is 0 Å². The first-order chi connectivity index (χ1) is 9.68. The highest BCUT2D eigenvalue weighted by Gasteiger charge is 2.15. The van der Waals surface area contributed by atoms with Crippen LogP contribution < -0.4 is 5.32 Å². The zero-order valence-electron chi connectivity index (χ0n) is 12.1. The van der Waals surface area contributed by atoms with E-state index in [0.717, 1.165) is 23.7 Å². The van der Waals surface area contributed by atoms with E-state index in [1.165, 1.54) is 5.56 Å². The molecule has 0 saturated heterocycles. The van der Waals surface area contributed by atoms with Crippen LogP contribution in [0.2, 0.25) is 5.02 Å². The highest BCUT2D eigenvalue weighted by Crippen LogP contribution is 2.23. The van der Waals surface area contributed by atoms with E-state index in [0.29, 0.717) is 11.8 Å². The fourth-order valence-corrected chi connectivity index (χ4v) is 2.65. The van der Waals surface area contributed by atoms with Crippen LogP contribution in [0.25, 0.3) is 0 Å². The van der Waals surface area contributed by atoms with Crippen molar-refractivity contribution < 1.29 is 0 Å². The Morgan fingerprint density at radius 3 is 2.25 bits per heavy atom. The molecule has 2 aromatic carbocycles. The molecule has 1 nitrogen and oxygen atoms in total. The molecule has 2 heteroatoms. The highest BCUT2D eigenvalue weighted by atomic mass is 35.5. The van der Waals surface area contributed by atoms with Crippen LogP contribution in [0.4, 0.5) is 0 Å². The van der Waals surface area contributed by atoms with Crippen molar-refractivity contribution >= 4 is 11.6 Å². The molecule has 0 amide bonds. The molecule has 0 aliphatic carbocycles. The fraction of sp³-hybridized carbons (Fsp3) is 0.333. The minimum absolute atomic E-state index is 0.527. The van der Waals surface area contributed by atoms with E-state index in [1.54, 1.807) is 0 Å². The van der Waals surface area contributed by atoms with Gasteiger partial charge in [-0.2, -0.15) is 0 Å². The Bertz CT molecular complexity index is 522. The molecule has 0 radical (unpaired) electrons. The Morgan fingerprint density at radius 1 is 0.950 bits per heavy atom. The van der Waals surface area contributed by atoms with Crippen molar-refractivity contribution in [3.8, 4) is 0 Å². The lowest BCUT2D eigenvalue weighted by Crippen LogP contribution is -2.24. The Hall–Kier alpha value is -1.31. The molecule has 1 atom stereocenters. The van der Waals surface area contributed by atoms with Gasteiger partial charge in [0, 0.05) is 18.1 Å². The first-order valence-corrected chi connectivity index (χ1v) is 7.55. The number of halogens is 1. The Morgan fingerprint density at radius 2 is 1.60 bits per heavy atom. The highest BCUT2D eigenvalue weighted by molar-refractivity contribution is 6.31. The van der Waals surface area contributed by atoms with Gasteiger partial charge < -0.3 is 5.32 Å². The minimum atomic E-state index is 0.527. The second-order valence-electron chi connectivity index (χ2n) is 5.48. The Labute approximate surface area is 127 Å². The predicted octanol–water partition coefficient (Wildman–Crippen LogP) is 4.87. The van der Waals surface area contributed by atoms with E-state index < -0.39 is 0 Å². The third-order valence-electron chi connectivity index (χ3n) is 3.67. The van der Waals surface area contributed by atoms with Gasteiger partial charge in [-0.15, -0.1) is 0 Å². The molecule has 0 saturated carbocycles. The summed E-state index contributed by atoms with van der Waals surface area (Å²) in [7, 11) is 0. The normalized spacial score (nSPS) is 12.6. The van der Waals surface area contributed by atoms with Crippen LogP contribution >= 0.6 is 11.6 Å². The van der Waals surface area contributed by atoms with Gasteiger partial charge in [0.1, 0.15) is 0 Å². The monoisotopic (exact) mass is 287 g/mol. The maximum atomic E-state index is 6.18. The van der Waals surface area contributed by atoms with Crippen LogP contribution in [0.5, 0.6) is 0 Å². The quantitative estimate of drug-likeness (QED) is 0.799. The van der Waals surface area contributed by atoms with Gasteiger partial charge in [-0.1, -0.05) is 74.0 Å². The lowest BCUT2D eigenvalue weighted by molar-refractivity contribution is 0.461. The van der Waals surface area contributed by atoms with E-state index in [1.807, 2.05) is 18.2 Å². The molecule has 0 fully saturated rings. The molecule has 0 aliphatic rings. The molecule has 106 valence electrons. The topological polar surface area (TPSA) is 12.0 Å². The number of hydrogen-bond acceptors (Lipinski definition) is 1. The maximum Gasteiger partial charge on any atom is 0.0450 e. The third kappa shape index (κ3) is 4.09.